The van der Waals surface area contributed by atoms with E-state index in [9.17, 15) is 4.39 Å². The first kappa shape index (κ1) is 22.2. The van der Waals surface area contributed by atoms with Crippen molar-refractivity contribution in [3.05, 3.63) is 66.2 Å². The zero-order valence-corrected chi connectivity index (χ0v) is 19.2. The van der Waals surface area contributed by atoms with E-state index in [4.69, 9.17) is 4.99 Å². The van der Waals surface area contributed by atoms with E-state index in [1.165, 1.54) is 6.07 Å². The minimum atomic E-state index is -0.279. The van der Waals surface area contributed by atoms with E-state index in [0.717, 1.165) is 41.9 Å². The number of para-hydroxylation sites is 1. The van der Waals surface area contributed by atoms with E-state index >= 15 is 0 Å². The molecular weight excluding hydrogens is 494 g/mol. The molecule has 3 aromatic rings. The zero-order valence-electron chi connectivity index (χ0n) is 16.9. The molecule has 2 aromatic heterocycles. The summed E-state index contributed by atoms with van der Waals surface area (Å²) in [6, 6.07) is 13.4. The van der Waals surface area contributed by atoms with Gasteiger partial charge in [-0.2, -0.15) is 0 Å². The second-order valence-corrected chi connectivity index (χ2v) is 7.07. The summed E-state index contributed by atoms with van der Waals surface area (Å²) in [6.45, 7) is 4.83. The number of anilines is 1. The molecule has 1 saturated heterocycles. The van der Waals surface area contributed by atoms with Crippen molar-refractivity contribution >= 4 is 46.7 Å². The lowest BCUT2D eigenvalue weighted by Crippen LogP contribution is -2.44. The number of nitrogens with zero attached hydrogens (tertiary/aromatic N) is 4. The van der Waals surface area contributed by atoms with Gasteiger partial charge in [-0.1, -0.05) is 18.2 Å². The summed E-state index contributed by atoms with van der Waals surface area (Å²) in [5.41, 5.74) is 2.11. The van der Waals surface area contributed by atoms with Crippen molar-refractivity contribution in [3.63, 3.8) is 0 Å². The smallest absolute Gasteiger partial charge is 0.191 e. The molecule has 1 unspecified atom stereocenters. The van der Waals surface area contributed by atoms with Crippen LogP contribution in [0.3, 0.4) is 0 Å². The van der Waals surface area contributed by atoms with Gasteiger partial charge in [0, 0.05) is 43.5 Å². The zero-order chi connectivity index (χ0) is 20.1. The molecule has 6 nitrogen and oxygen atoms in total. The number of hydrogen-bond acceptors (Lipinski definition) is 4. The SMILES string of the molecule is CCNC(=NCc1ccnc2ccccc12)NC1CCN(c2ncccc2F)C1.I. The minimum Gasteiger partial charge on any atom is -0.357 e. The van der Waals surface area contributed by atoms with Crippen LogP contribution in [0.15, 0.2) is 59.9 Å². The van der Waals surface area contributed by atoms with Crippen LogP contribution >= 0.6 is 24.0 Å². The van der Waals surface area contributed by atoms with Gasteiger partial charge in [0.25, 0.3) is 0 Å². The molecule has 1 atom stereocenters. The maximum atomic E-state index is 14.0. The monoisotopic (exact) mass is 520 g/mol. The van der Waals surface area contributed by atoms with Gasteiger partial charge in [-0.3, -0.25) is 4.98 Å². The molecule has 0 aliphatic carbocycles. The molecule has 2 N–H and O–H groups in total. The number of halogens is 2. The lowest BCUT2D eigenvalue weighted by Gasteiger charge is -2.20. The van der Waals surface area contributed by atoms with E-state index in [0.29, 0.717) is 18.9 Å². The molecule has 1 fully saturated rings. The molecule has 158 valence electrons. The Labute approximate surface area is 193 Å². The van der Waals surface area contributed by atoms with Crippen molar-refractivity contribution < 1.29 is 4.39 Å². The van der Waals surface area contributed by atoms with Gasteiger partial charge in [-0.25, -0.2) is 14.4 Å². The number of benzene rings is 1. The van der Waals surface area contributed by atoms with Gasteiger partial charge in [0.1, 0.15) is 0 Å². The second-order valence-electron chi connectivity index (χ2n) is 7.07. The normalized spacial score (nSPS) is 16.4. The summed E-state index contributed by atoms with van der Waals surface area (Å²) in [5, 5.41) is 7.91. The molecule has 0 amide bonds. The third-order valence-corrected chi connectivity index (χ3v) is 5.06. The number of rotatable bonds is 5. The van der Waals surface area contributed by atoms with Crippen molar-refractivity contribution in [2.24, 2.45) is 4.99 Å². The van der Waals surface area contributed by atoms with Gasteiger partial charge >= 0.3 is 0 Å². The Kier molecular flexibility index (Phi) is 7.78. The van der Waals surface area contributed by atoms with Crippen molar-refractivity contribution in [2.75, 3.05) is 24.5 Å². The fourth-order valence-electron chi connectivity index (χ4n) is 3.65. The number of fused-ring (bicyclic) bond motifs is 1. The lowest BCUT2D eigenvalue weighted by molar-refractivity contribution is 0.612. The highest BCUT2D eigenvalue weighted by atomic mass is 127. The maximum Gasteiger partial charge on any atom is 0.191 e. The summed E-state index contributed by atoms with van der Waals surface area (Å²) < 4.78 is 14.0. The number of aromatic nitrogens is 2. The van der Waals surface area contributed by atoms with Crippen molar-refractivity contribution in [1.82, 2.24) is 20.6 Å². The first-order chi connectivity index (χ1) is 14.2. The Hall–Kier alpha value is -2.49. The van der Waals surface area contributed by atoms with Crippen molar-refractivity contribution in [1.29, 1.82) is 0 Å². The molecule has 30 heavy (non-hydrogen) atoms. The molecule has 0 saturated carbocycles. The third kappa shape index (κ3) is 5.16. The predicted molar refractivity (Wildman–Crippen MR) is 130 cm³/mol. The fourth-order valence-corrected chi connectivity index (χ4v) is 3.65. The standard InChI is InChI=1S/C22H25FN6.HI/c1-2-24-22(27-14-16-9-12-25-20-8-4-3-6-18(16)20)28-17-10-13-29(15-17)21-19(23)7-5-11-26-21;/h3-9,11-12,17H,2,10,13-15H2,1H3,(H2,24,27,28);1H. The van der Waals surface area contributed by atoms with Gasteiger partial charge in [-0.15, -0.1) is 24.0 Å². The molecule has 1 aliphatic heterocycles. The average Bonchev–Trinajstić information content (AvgIpc) is 3.20. The Balaban J connectivity index is 0.00000256. The Morgan fingerprint density at radius 1 is 1.17 bits per heavy atom. The fraction of sp³-hybridized carbons (Fsp3) is 0.318. The van der Waals surface area contributed by atoms with E-state index in [1.807, 2.05) is 42.3 Å². The van der Waals surface area contributed by atoms with Gasteiger partial charge in [0.2, 0.25) is 0 Å². The second kappa shape index (κ2) is 10.5. The summed E-state index contributed by atoms with van der Waals surface area (Å²) in [4.78, 5) is 15.3. The molecular formula is C22H26FIN6. The highest BCUT2D eigenvalue weighted by molar-refractivity contribution is 14.0. The average molecular weight is 520 g/mol. The number of hydrogen-bond donors (Lipinski definition) is 2. The Morgan fingerprint density at radius 3 is 2.87 bits per heavy atom. The maximum absolute atomic E-state index is 14.0. The number of guanidine groups is 1. The summed E-state index contributed by atoms with van der Waals surface area (Å²) in [6.07, 6.45) is 4.35. The van der Waals surface area contributed by atoms with Crippen molar-refractivity contribution in [3.8, 4) is 0 Å². The van der Waals surface area contributed by atoms with Crippen LogP contribution in [0, 0.1) is 5.82 Å². The predicted octanol–water partition coefficient (Wildman–Crippen LogP) is 3.72. The van der Waals surface area contributed by atoms with E-state index in [1.54, 1.807) is 12.3 Å². The van der Waals surface area contributed by atoms with Crippen LogP contribution in [0.1, 0.15) is 18.9 Å². The summed E-state index contributed by atoms with van der Waals surface area (Å²) >= 11 is 0. The Bertz CT molecular complexity index is 1010. The van der Waals surface area contributed by atoms with E-state index in [2.05, 4.69) is 26.7 Å². The van der Waals surface area contributed by atoms with Gasteiger partial charge < -0.3 is 15.5 Å². The van der Waals surface area contributed by atoms with Crippen LogP contribution in [0.4, 0.5) is 10.2 Å². The molecule has 1 aliphatic rings. The molecule has 8 heteroatoms. The quantitative estimate of drug-likeness (QED) is 0.305. The van der Waals surface area contributed by atoms with Gasteiger partial charge in [0.05, 0.1) is 12.1 Å². The molecule has 3 heterocycles. The van der Waals surface area contributed by atoms with Gasteiger partial charge in [0.15, 0.2) is 17.6 Å². The molecule has 0 bridgehead atoms. The molecule has 4 rings (SSSR count). The van der Waals surface area contributed by atoms with E-state index in [-0.39, 0.29) is 35.8 Å². The van der Waals surface area contributed by atoms with Crippen LogP contribution in [0.25, 0.3) is 10.9 Å². The highest BCUT2D eigenvalue weighted by Crippen LogP contribution is 2.21. The first-order valence-corrected chi connectivity index (χ1v) is 9.97. The number of aliphatic imine (C=N–C) groups is 1. The third-order valence-electron chi connectivity index (χ3n) is 5.06. The van der Waals surface area contributed by atoms with Crippen LogP contribution in [0.2, 0.25) is 0 Å². The topological polar surface area (TPSA) is 65.4 Å². The van der Waals surface area contributed by atoms with Crippen LogP contribution < -0.4 is 15.5 Å². The molecule has 0 radical (unpaired) electrons. The van der Waals surface area contributed by atoms with Crippen LogP contribution in [-0.2, 0) is 6.54 Å². The van der Waals surface area contributed by atoms with Crippen molar-refractivity contribution in [2.45, 2.75) is 25.9 Å². The summed E-state index contributed by atoms with van der Waals surface area (Å²) in [7, 11) is 0. The lowest BCUT2D eigenvalue weighted by atomic mass is 10.1. The highest BCUT2D eigenvalue weighted by Gasteiger charge is 2.25. The summed E-state index contributed by atoms with van der Waals surface area (Å²) in [5.74, 6) is 0.905. The molecule has 1 aromatic carbocycles. The number of pyridine rings is 2. The minimum absolute atomic E-state index is 0. The largest absolute Gasteiger partial charge is 0.357 e. The van der Waals surface area contributed by atoms with E-state index < -0.39 is 0 Å². The Morgan fingerprint density at radius 2 is 2.03 bits per heavy atom. The molecule has 0 spiro atoms. The van der Waals surface area contributed by atoms with Gasteiger partial charge in [-0.05, 0) is 43.2 Å². The number of nitrogens with one attached hydrogen (secondary N) is 2. The van der Waals surface area contributed by atoms with Crippen LogP contribution in [-0.4, -0.2) is 41.6 Å². The first-order valence-electron chi connectivity index (χ1n) is 9.97. The van der Waals surface area contributed by atoms with Crippen LogP contribution in [0.5, 0.6) is 0 Å².